The van der Waals surface area contributed by atoms with E-state index >= 15 is 0 Å². The van der Waals surface area contributed by atoms with E-state index in [0.717, 1.165) is 22.6 Å². The van der Waals surface area contributed by atoms with Crippen LogP contribution in [0.5, 0.6) is 0 Å². The highest BCUT2D eigenvalue weighted by Crippen LogP contribution is 2.22. The number of rotatable bonds is 6. The molecule has 0 aliphatic rings. The normalized spacial score (nSPS) is 11.1. The molecule has 0 saturated heterocycles. The molecule has 0 saturated carbocycles. The van der Waals surface area contributed by atoms with Gasteiger partial charge in [0.1, 0.15) is 0 Å². The molecule has 0 radical (unpaired) electrons. The number of para-hydroxylation sites is 1. The van der Waals surface area contributed by atoms with Crippen molar-refractivity contribution in [2.75, 3.05) is 0 Å². The summed E-state index contributed by atoms with van der Waals surface area (Å²) in [6.45, 7) is 8.16. The first-order chi connectivity index (χ1) is 14.3. The molecule has 7 heteroatoms. The summed E-state index contributed by atoms with van der Waals surface area (Å²) >= 11 is 0. The van der Waals surface area contributed by atoms with Crippen LogP contribution in [-0.4, -0.2) is 21.6 Å². The maximum Gasteiger partial charge on any atom is 0.273 e. The number of nitro benzene ring substituents is 1. The van der Waals surface area contributed by atoms with Crippen molar-refractivity contribution in [1.82, 2.24) is 9.99 Å². The summed E-state index contributed by atoms with van der Waals surface area (Å²) in [7, 11) is 0. The van der Waals surface area contributed by atoms with E-state index in [1.807, 2.05) is 19.9 Å². The number of hydrogen-bond acceptors (Lipinski definition) is 4. The van der Waals surface area contributed by atoms with E-state index in [1.165, 1.54) is 17.2 Å². The Bertz CT molecular complexity index is 1130. The number of benzene rings is 2. The topological polar surface area (TPSA) is 89.5 Å². The number of carbonyl (C=O) groups is 1. The van der Waals surface area contributed by atoms with Crippen molar-refractivity contribution in [1.29, 1.82) is 0 Å². The summed E-state index contributed by atoms with van der Waals surface area (Å²) < 4.78 is 2.15. The van der Waals surface area contributed by atoms with Crippen molar-refractivity contribution in [3.63, 3.8) is 0 Å². The third-order valence-corrected chi connectivity index (χ3v) is 4.87. The first-order valence-electron chi connectivity index (χ1n) is 9.58. The van der Waals surface area contributed by atoms with Gasteiger partial charge in [-0.2, -0.15) is 5.10 Å². The lowest BCUT2D eigenvalue weighted by molar-refractivity contribution is -0.385. The van der Waals surface area contributed by atoms with Gasteiger partial charge >= 0.3 is 0 Å². The van der Waals surface area contributed by atoms with Crippen LogP contribution in [0.4, 0.5) is 5.69 Å². The summed E-state index contributed by atoms with van der Waals surface area (Å²) in [4.78, 5) is 22.8. The van der Waals surface area contributed by atoms with Gasteiger partial charge in [-0.25, -0.2) is 5.43 Å². The zero-order chi connectivity index (χ0) is 21.8. The van der Waals surface area contributed by atoms with Crippen LogP contribution in [0.15, 0.2) is 53.6 Å². The highest BCUT2D eigenvalue weighted by Gasteiger charge is 2.15. The van der Waals surface area contributed by atoms with Gasteiger partial charge in [-0.3, -0.25) is 14.9 Å². The van der Waals surface area contributed by atoms with Crippen LogP contribution in [0.1, 0.15) is 33.6 Å². The van der Waals surface area contributed by atoms with Gasteiger partial charge in [0.15, 0.2) is 0 Å². The van der Waals surface area contributed by atoms with Crippen LogP contribution in [0.3, 0.4) is 0 Å². The Morgan fingerprint density at radius 2 is 1.77 bits per heavy atom. The van der Waals surface area contributed by atoms with Crippen LogP contribution in [0.25, 0.3) is 5.69 Å². The number of hydrazone groups is 1. The summed E-state index contributed by atoms with van der Waals surface area (Å²) in [6, 6.07) is 14.6. The average molecular weight is 404 g/mol. The molecular weight excluding hydrogens is 380 g/mol. The molecule has 2 aromatic carbocycles. The van der Waals surface area contributed by atoms with Crippen LogP contribution in [0, 0.1) is 37.8 Å². The van der Waals surface area contributed by atoms with Gasteiger partial charge in [0.25, 0.3) is 5.69 Å². The second-order valence-corrected chi connectivity index (χ2v) is 7.36. The summed E-state index contributed by atoms with van der Waals surface area (Å²) in [5.74, 6) is -0.413. The van der Waals surface area contributed by atoms with Gasteiger partial charge in [-0.15, -0.1) is 0 Å². The van der Waals surface area contributed by atoms with Crippen LogP contribution < -0.4 is 5.43 Å². The zero-order valence-electron chi connectivity index (χ0n) is 17.5. The summed E-state index contributed by atoms with van der Waals surface area (Å²) in [6.07, 6.45) is 1.48. The molecule has 0 fully saturated rings. The molecule has 0 unspecified atom stereocenters. The van der Waals surface area contributed by atoms with Gasteiger partial charge in [0.2, 0.25) is 5.91 Å². The highest BCUT2D eigenvalue weighted by atomic mass is 16.6. The number of aromatic nitrogens is 1. The van der Waals surface area contributed by atoms with Crippen molar-refractivity contribution in [2.24, 2.45) is 5.10 Å². The molecule has 30 heavy (non-hydrogen) atoms. The predicted octanol–water partition coefficient (Wildman–Crippen LogP) is 4.31. The predicted molar refractivity (Wildman–Crippen MR) is 117 cm³/mol. The number of nitrogens with zero attached hydrogens (tertiary/aromatic N) is 3. The lowest BCUT2D eigenvalue weighted by atomic mass is 10.1. The summed E-state index contributed by atoms with van der Waals surface area (Å²) in [5.41, 5.74) is 9.15. The molecular formula is C23H24N4O3. The fourth-order valence-electron chi connectivity index (χ4n) is 3.62. The summed E-state index contributed by atoms with van der Waals surface area (Å²) in [5, 5.41) is 15.1. The fraction of sp³-hybridized carbons (Fsp3) is 0.217. The Morgan fingerprint density at radius 1 is 1.10 bits per heavy atom. The lowest BCUT2D eigenvalue weighted by Gasteiger charge is -2.11. The second kappa shape index (κ2) is 8.73. The van der Waals surface area contributed by atoms with Gasteiger partial charge in [0.05, 0.1) is 17.6 Å². The SMILES string of the molecule is Cc1cc(C)cc(-n2c(C)cc(/C=N/NC(=O)Cc3ccccc3[N+](=O)[O-])c2C)c1. The highest BCUT2D eigenvalue weighted by molar-refractivity contribution is 5.85. The van der Waals surface area contributed by atoms with Crippen molar-refractivity contribution in [3.8, 4) is 5.69 Å². The minimum absolute atomic E-state index is 0.0753. The van der Waals surface area contributed by atoms with Gasteiger partial charge < -0.3 is 4.57 Å². The van der Waals surface area contributed by atoms with Crippen molar-refractivity contribution in [2.45, 2.75) is 34.1 Å². The maximum absolute atomic E-state index is 12.2. The first-order valence-corrected chi connectivity index (χ1v) is 9.58. The van der Waals surface area contributed by atoms with E-state index < -0.39 is 10.8 Å². The average Bonchev–Trinajstić information content (AvgIpc) is 2.94. The third-order valence-electron chi connectivity index (χ3n) is 4.87. The molecule has 7 nitrogen and oxygen atoms in total. The Kier molecular flexibility index (Phi) is 6.11. The van der Waals surface area contributed by atoms with E-state index in [4.69, 9.17) is 0 Å². The van der Waals surface area contributed by atoms with E-state index in [-0.39, 0.29) is 12.1 Å². The van der Waals surface area contributed by atoms with Crippen molar-refractivity contribution in [3.05, 3.63) is 92.3 Å². The molecule has 154 valence electrons. The monoisotopic (exact) mass is 404 g/mol. The molecule has 0 bridgehead atoms. The lowest BCUT2D eigenvalue weighted by Crippen LogP contribution is -2.20. The molecule has 1 aromatic heterocycles. The standard InChI is InChI=1S/C23H24N4O3/c1-15-9-16(2)11-21(10-15)26-17(3)12-20(18(26)4)14-24-25-23(28)13-19-7-5-6-8-22(19)27(29)30/h5-12,14H,13H2,1-4H3,(H,25,28)/b24-14+. The van der Waals surface area contributed by atoms with Gasteiger partial charge in [-0.1, -0.05) is 24.3 Å². The minimum atomic E-state index is -0.492. The van der Waals surface area contributed by atoms with Crippen LogP contribution in [0.2, 0.25) is 0 Å². The van der Waals surface area contributed by atoms with E-state index in [0.29, 0.717) is 5.56 Å². The molecule has 1 N–H and O–H groups in total. The number of aryl methyl sites for hydroxylation is 3. The molecule has 0 aliphatic carbocycles. The third kappa shape index (κ3) is 4.63. The van der Waals surface area contributed by atoms with Gasteiger partial charge in [0, 0.05) is 34.3 Å². The Labute approximate surface area is 175 Å². The van der Waals surface area contributed by atoms with Crippen LogP contribution in [-0.2, 0) is 11.2 Å². The number of hydrogen-bond donors (Lipinski definition) is 1. The smallest absolute Gasteiger partial charge is 0.273 e. The second-order valence-electron chi connectivity index (χ2n) is 7.36. The number of nitrogens with one attached hydrogen (secondary N) is 1. The minimum Gasteiger partial charge on any atom is -0.318 e. The zero-order valence-corrected chi connectivity index (χ0v) is 17.5. The Morgan fingerprint density at radius 3 is 2.43 bits per heavy atom. The number of nitro groups is 1. The van der Waals surface area contributed by atoms with Crippen LogP contribution >= 0.6 is 0 Å². The first kappa shape index (κ1) is 21.0. The molecule has 3 rings (SSSR count). The molecule has 1 heterocycles. The molecule has 0 aliphatic heterocycles. The van der Waals surface area contributed by atoms with Crippen molar-refractivity contribution < 1.29 is 9.72 Å². The molecule has 0 atom stereocenters. The fourth-order valence-corrected chi connectivity index (χ4v) is 3.62. The van der Waals surface area contributed by atoms with Crippen molar-refractivity contribution >= 4 is 17.8 Å². The van der Waals surface area contributed by atoms with E-state index in [1.54, 1.807) is 24.4 Å². The molecule has 3 aromatic rings. The Hall–Kier alpha value is -3.74. The maximum atomic E-state index is 12.2. The van der Waals surface area contributed by atoms with Gasteiger partial charge in [-0.05, 0) is 57.0 Å². The quantitative estimate of drug-likeness (QED) is 0.377. The largest absolute Gasteiger partial charge is 0.318 e. The molecule has 1 amide bonds. The number of amides is 1. The number of carbonyl (C=O) groups excluding carboxylic acids is 1. The molecule has 0 spiro atoms. The van der Waals surface area contributed by atoms with E-state index in [2.05, 4.69) is 47.1 Å². The Balaban J connectivity index is 1.74. The van der Waals surface area contributed by atoms with E-state index in [9.17, 15) is 14.9 Å².